The van der Waals surface area contributed by atoms with Gasteiger partial charge >= 0.3 is 0 Å². The summed E-state index contributed by atoms with van der Waals surface area (Å²) in [4.78, 5) is 13.9. The van der Waals surface area contributed by atoms with Gasteiger partial charge in [-0.2, -0.15) is 5.26 Å². The quantitative estimate of drug-likeness (QED) is 0.858. The topological polar surface area (TPSA) is 53.3 Å². The lowest BCUT2D eigenvalue weighted by Gasteiger charge is -2.18. The summed E-state index contributed by atoms with van der Waals surface area (Å²) in [6.45, 7) is 0. The second-order valence-electron chi connectivity index (χ2n) is 4.25. The largest absolute Gasteiger partial charge is 0.497 e. The maximum absolute atomic E-state index is 12.3. The number of anilines is 1. The van der Waals surface area contributed by atoms with Crippen LogP contribution >= 0.6 is 0 Å². The molecule has 0 fully saturated rings. The molecule has 0 aromatic heterocycles. The zero-order valence-corrected chi connectivity index (χ0v) is 11.3. The molecule has 0 aliphatic rings. The van der Waals surface area contributed by atoms with Crippen LogP contribution in [0.4, 0.5) is 5.69 Å². The lowest BCUT2D eigenvalue weighted by Crippen LogP contribution is -2.26. The molecule has 0 atom stereocenters. The van der Waals surface area contributed by atoms with E-state index in [4.69, 9.17) is 10.00 Å². The van der Waals surface area contributed by atoms with Crippen LogP contribution in [0.15, 0.2) is 48.5 Å². The Labute approximate surface area is 117 Å². The van der Waals surface area contributed by atoms with Gasteiger partial charge in [-0.25, -0.2) is 0 Å². The molecule has 0 radical (unpaired) electrons. The van der Waals surface area contributed by atoms with Gasteiger partial charge in [0.05, 0.1) is 18.7 Å². The third-order valence-electron chi connectivity index (χ3n) is 3.01. The number of carbonyl (C=O) groups is 1. The minimum Gasteiger partial charge on any atom is -0.497 e. The molecule has 0 saturated heterocycles. The summed E-state index contributed by atoms with van der Waals surface area (Å²) in [6, 6.07) is 15.9. The van der Waals surface area contributed by atoms with Gasteiger partial charge in [-0.1, -0.05) is 6.07 Å². The summed E-state index contributed by atoms with van der Waals surface area (Å²) in [5, 5.41) is 8.75. The standard InChI is InChI=1S/C16H14N2O2/c1-18(14-4-3-5-15(10-14)20-2)16(19)13-8-6-12(11-17)7-9-13/h3-10H,1-2H3. The van der Waals surface area contributed by atoms with Crippen LogP contribution in [-0.2, 0) is 0 Å². The van der Waals surface area contributed by atoms with Crippen molar-refractivity contribution in [2.75, 3.05) is 19.1 Å². The molecule has 0 spiro atoms. The fourth-order valence-electron chi connectivity index (χ4n) is 1.82. The van der Waals surface area contributed by atoms with Gasteiger partial charge in [0.2, 0.25) is 0 Å². The Morgan fingerprint density at radius 1 is 1.20 bits per heavy atom. The second-order valence-corrected chi connectivity index (χ2v) is 4.25. The van der Waals surface area contributed by atoms with Crippen molar-refractivity contribution in [3.63, 3.8) is 0 Å². The zero-order chi connectivity index (χ0) is 14.5. The van der Waals surface area contributed by atoms with E-state index in [1.54, 1.807) is 49.4 Å². The van der Waals surface area contributed by atoms with Crippen LogP contribution in [-0.4, -0.2) is 20.1 Å². The number of rotatable bonds is 3. The highest BCUT2D eigenvalue weighted by molar-refractivity contribution is 6.05. The predicted octanol–water partition coefficient (Wildman–Crippen LogP) is 2.84. The van der Waals surface area contributed by atoms with Crippen molar-refractivity contribution in [3.05, 3.63) is 59.7 Å². The molecule has 0 bridgehead atoms. The first-order valence-corrected chi connectivity index (χ1v) is 6.08. The van der Waals surface area contributed by atoms with Crippen LogP contribution in [0.5, 0.6) is 5.75 Å². The summed E-state index contributed by atoms with van der Waals surface area (Å²) < 4.78 is 5.15. The molecule has 2 aromatic rings. The van der Waals surface area contributed by atoms with Crippen molar-refractivity contribution in [3.8, 4) is 11.8 Å². The van der Waals surface area contributed by atoms with Gasteiger partial charge < -0.3 is 9.64 Å². The smallest absolute Gasteiger partial charge is 0.258 e. The van der Waals surface area contributed by atoms with Gasteiger partial charge in [-0.05, 0) is 36.4 Å². The molecular formula is C16H14N2O2. The van der Waals surface area contributed by atoms with Crippen molar-refractivity contribution in [2.24, 2.45) is 0 Å². The molecule has 20 heavy (non-hydrogen) atoms. The van der Waals surface area contributed by atoms with Crippen LogP contribution in [0.2, 0.25) is 0 Å². The first kappa shape index (κ1) is 13.6. The van der Waals surface area contributed by atoms with E-state index >= 15 is 0 Å². The minimum absolute atomic E-state index is 0.136. The van der Waals surface area contributed by atoms with Crippen LogP contribution in [0, 0.1) is 11.3 Å². The second kappa shape index (κ2) is 5.89. The number of hydrogen-bond donors (Lipinski definition) is 0. The molecule has 0 heterocycles. The number of ether oxygens (including phenoxy) is 1. The van der Waals surface area contributed by atoms with Gasteiger partial charge in [0.15, 0.2) is 0 Å². The Kier molecular flexibility index (Phi) is 4.02. The molecule has 2 aromatic carbocycles. The average Bonchev–Trinajstić information content (AvgIpc) is 2.53. The number of benzene rings is 2. The maximum atomic E-state index is 12.3. The molecule has 0 N–H and O–H groups in total. The Morgan fingerprint density at radius 2 is 1.90 bits per heavy atom. The van der Waals surface area contributed by atoms with Crippen molar-refractivity contribution in [1.29, 1.82) is 5.26 Å². The lowest BCUT2D eigenvalue weighted by atomic mass is 10.1. The summed E-state index contributed by atoms with van der Waals surface area (Å²) >= 11 is 0. The highest BCUT2D eigenvalue weighted by Gasteiger charge is 2.13. The number of nitrogens with zero attached hydrogens (tertiary/aromatic N) is 2. The van der Waals surface area contributed by atoms with Crippen LogP contribution in [0.3, 0.4) is 0 Å². The zero-order valence-electron chi connectivity index (χ0n) is 11.3. The Balaban J connectivity index is 2.25. The van der Waals surface area contributed by atoms with E-state index in [0.717, 1.165) is 5.69 Å². The fraction of sp³-hybridized carbons (Fsp3) is 0.125. The Morgan fingerprint density at radius 3 is 2.50 bits per heavy atom. The molecule has 0 aliphatic heterocycles. The van der Waals surface area contributed by atoms with E-state index in [0.29, 0.717) is 16.9 Å². The molecule has 2 rings (SSSR count). The summed E-state index contributed by atoms with van der Waals surface area (Å²) in [5.74, 6) is 0.560. The first-order chi connectivity index (χ1) is 9.65. The molecule has 100 valence electrons. The number of amides is 1. The predicted molar refractivity (Wildman–Crippen MR) is 76.9 cm³/mol. The van der Waals surface area contributed by atoms with Crippen LogP contribution in [0.1, 0.15) is 15.9 Å². The molecule has 0 unspecified atom stereocenters. The average molecular weight is 266 g/mol. The van der Waals surface area contributed by atoms with E-state index in [9.17, 15) is 4.79 Å². The van der Waals surface area contributed by atoms with Gasteiger partial charge in [0.1, 0.15) is 5.75 Å². The third kappa shape index (κ3) is 2.78. The van der Waals surface area contributed by atoms with E-state index in [1.807, 2.05) is 24.3 Å². The normalized spacial score (nSPS) is 9.65. The Bertz CT molecular complexity index is 657. The van der Waals surface area contributed by atoms with E-state index in [1.165, 1.54) is 0 Å². The minimum atomic E-state index is -0.136. The highest BCUT2D eigenvalue weighted by Crippen LogP contribution is 2.21. The van der Waals surface area contributed by atoms with Crippen molar-refractivity contribution in [1.82, 2.24) is 0 Å². The molecule has 4 nitrogen and oxygen atoms in total. The molecule has 0 saturated carbocycles. The van der Waals surface area contributed by atoms with Gasteiger partial charge in [0.25, 0.3) is 5.91 Å². The van der Waals surface area contributed by atoms with E-state index in [-0.39, 0.29) is 5.91 Å². The number of methoxy groups -OCH3 is 1. The van der Waals surface area contributed by atoms with Gasteiger partial charge in [-0.15, -0.1) is 0 Å². The van der Waals surface area contributed by atoms with Crippen LogP contribution in [0.25, 0.3) is 0 Å². The van der Waals surface area contributed by atoms with Gasteiger partial charge in [-0.3, -0.25) is 4.79 Å². The van der Waals surface area contributed by atoms with Crippen LogP contribution < -0.4 is 9.64 Å². The van der Waals surface area contributed by atoms with Crippen molar-refractivity contribution >= 4 is 11.6 Å². The fourth-order valence-corrected chi connectivity index (χ4v) is 1.82. The lowest BCUT2D eigenvalue weighted by molar-refractivity contribution is 0.0993. The first-order valence-electron chi connectivity index (χ1n) is 6.08. The SMILES string of the molecule is COc1cccc(N(C)C(=O)c2ccc(C#N)cc2)c1. The van der Waals surface area contributed by atoms with Crippen molar-refractivity contribution < 1.29 is 9.53 Å². The van der Waals surface area contributed by atoms with E-state index < -0.39 is 0 Å². The highest BCUT2D eigenvalue weighted by atomic mass is 16.5. The van der Waals surface area contributed by atoms with Crippen molar-refractivity contribution in [2.45, 2.75) is 0 Å². The number of carbonyl (C=O) groups excluding carboxylic acids is 1. The molecule has 4 heteroatoms. The molecule has 1 amide bonds. The third-order valence-corrected chi connectivity index (χ3v) is 3.01. The monoisotopic (exact) mass is 266 g/mol. The maximum Gasteiger partial charge on any atom is 0.258 e. The summed E-state index contributed by atoms with van der Waals surface area (Å²) in [6.07, 6.45) is 0. The van der Waals surface area contributed by atoms with E-state index in [2.05, 4.69) is 0 Å². The number of nitriles is 1. The Hall–Kier alpha value is -2.80. The molecular weight excluding hydrogens is 252 g/mol. The van der Waals surface area contributed by atoms with Gasteiger partial charge in [0, 0.05) is 24.4 Å². The summed E-state index contributed by atoms with van der Waals surface area (Å²) in [7, 11) is 3.29. The number of hydrogen-bond acceptors (Lipinski definition) is 3. The summed E-state index contributed by atoms with van der Waals surface area (Å²) in [5.41, 5.74) is 1.82. The molecule has 0 aliphatic carbocycles.